The highest BCUT2D eigenvalue weighted by Crippen LogP contribution is 2.25. The first kappa shape index (κ1) is 22.7. The standard InChI is InChI=1S/C22H17ClN6O5/c1-12(22(30)28-19-9-8-18(29(31)32)21(24)27-19)33-14-3-5-15(6-4-14)34-20-11-25-17-10-13(23)2-7-16(17)26-20/h2-12H,1H3,(H3,24,27,28,30). The van der Waals surface area contributed by atoms with Crippen molar-refractivity contribution < 1.29 is 19.2 Å². The van der Waals surface area contributed by atoms with Gasteiger partial charge in [0, 0.05) is 11.1 Å². The van der Waals surface area contributed by atoms with Gasteiger partial charge in [0.2, 0.25) is 11.7 Å². The van der Waals surface area contributed by atoms with Gasteiger partial charge >= 0.3 is 5.69 Å². The van der Waals surface area contributed by atoms with Crippen LogP contribution in [0.1, 0.15) is 6.92 Å². The summed E-state index contributed by atoms with van der Waals surface area (Å²) in [5.41, 5.74) is 6.50. The lowest BCUT2D eigenvalue weighted by molar-refractivity contribution is -0.384. The van der Waals surface area contributed by atoms with Gasteiger partial charge in [0.25, 0.3) is 5.91 Å². The number of hydrogen-bond acceptors (Lipinski definition) is 9. The maximum atomic E-state index is 12.4. The number of nitrogens with one attached hydrogen (secondary N) is 1. The molecule has 1 amide bonds. The number of pyridine rings is 1. The highest BCUT2D eigenvalue weighted by molar-refractivity contribution is 6.31. The summed E-state index contributed by atoms with van der Waals surface area (Å²) in [6.07, 6.45) is 0.609. The molecule has 0 aliphatic heterocycles. The van der Waals surface area contributed by atoms with Gasteiger partial charge in [0.05, 0.1) is 22.2 Å². The third-order valence-corrected chi connectivity index (χ3v) is 4.80. The molecule has 0 aliphatic carbocycles. The van der Waals surface area contributed by atoms with E-state index in [9.17, 15) is 14.9 Å². The smallest absolute Gasteiger partial charge is 0.311 e. The summed E-state index contributed by atoms with van der Waals surface area (Å²) >= 11 is 5.95. The number of nitrogen functional groups attached to an aromatic ring is 1. The second-order valence-electron chi connectivity index (χ2n) is 7.02. The maximum Gasteiger partial charge on any atom is 0.311 e. The molecular formula is C22H17ClN6O5. The van der Waals surface area contributed by atoms with Gasteiger partial charge in [0.15, 0.2) is 6.10 Å². The van der Waals surface area contributed by atoms with E-state index in [1.165, 1.54) is 12.3 Å². The number of nitrogens with two attached hydrogens (primary N) is 1. The van der Waals surface area contributed by atoms with Crippen molar-refractivity contribution in [2.75, 3.05) is 11.1 Å². The summed E-state index contributed by atoms with van der Waals surface area (Å²) in [4.78, 5) is 35.0. The number of ether oxygens (including phenoxy) is 2. The van der Waals surface area contributed by atoms with Crippen LogP contribution in [0.4, 0.5) is 17.3 Å². The average Bonchev–Trinajstić information content (AvgIpc) is 2.80. The fourth-order valence-electron chi connectivity index (χ4n) is 2.90. The van der Waals surface area contributed by atoms with Gasteiger partial charge in [-0.15, -0.1) is 0 Å². The molecule has 34 heavy (non-hydrogen) atoms. The second kappa shape index (κ2) is 9.55. The molecule has 1 unspecified atom stereocenters. The molecule has 2 aromatic heterocycles. The van der Waals surface area contributed by atoms with E-state index in [1.807, 2.05) is 0 Å². The van der Waals surface area contributed by atoms with Crippen LogP contribution in [0.2, 0.25) is 5.02 Å². The number of benzene rings is 2. The van der Waals surface area contributed by atoms with Gasteiger partial charge in [-0.1, -0.05) is 11.6 Å². The second-order valence-corrected chi connectivity index (χ2v) is 7.46. The van der Waals surface area contributed by atoms with E-state index in [1.54, 1.807) is 49.4 Å². The third-order valence-electron chi connectivity index (χ3n) is 4.56. The van der Waals surface area contributed by atoms with E-state index >= 15 is 0 Å². The summed E-state index contributed by atoms with van der Waals surface area (Å²) in [6, 6.07) is 14.2. The van der Waals surface area contributed by atoms with E-state index in [-0.39, 0.29) is 17.3 Å². The predicted molar refractivity (Wildman–Crippen MR) is 125 cm³/mol. The first-order valence-corrected chi connectivity index (χ1v) is 10.2. The Balaban J connectivity index is 1.36. The molecule has 0 spiro atoms. The molecule has 12 heteroatoms. The van der Waals surface area contributed by atoms with E-state index in [0.717, 1.165) is 6.07 Å². The lowest BCUT2D eigenvalue weighted by Crippen LogP contribution is -2.30. The topological polar surface area (TPSA) is 155 Å². The summed E-state index contributed by atoms with van der Waals surface area (Å²) in [5, 5.41) is 13.9. The van der Waals surface area contributed by atoms with Gasteiger partial charge < -0.3 is 20.5 Å². The molecule has 2 heterocycles. The minimum Gasteiger partial charge on any atom is -0.481 e. The quantitative estimate of drug-likeness (QED) is 0.289. The maximum absolute atomic E-state index is 12.4. The molecule has 4 aromatic rings. The minimum absolute atomic E-state index is 0.0751. The summed E-state index contributed by atoms with van der Waals surface area (Å²) in [6.45, 7) is 1.55. The summed E-state index contributed by atoms with van der Waals surface area (Å²) < 4.78 is 11.4. The van der Waals surface area contributed by atoms with Gasteiger partial charge in [0.1, 0.15) is 17.3 Å². The number of anilines is 2. The molecule has 0 aliphatic rings. The van der Waals surface area contributed by atoms with E-state index in [2.05, 4.69) is 20.3 Å². The van der Waals surface area contributed by atoms with Crippen molar-refractivity contribution >= 4 is 45.9 Å². The number of carbonyl (C=O) groups is 1. The molecule has 2 aromatic carbocycles. The molecule has 172 valence electrons. The number of halogens is 1. The van der Waals surface area contributed by atoms with Crippen LogP contribution in [-0.2, 0) is 4.79 Å². The van der Waals surface area contributed by atoms with Crippen LogP contribution in [0.5, 0.6) is 17.4 Å². The van der Waals surface area contributed by atoms with Gasteiger partial charge in [-0.05, 0) is 55.5 Å². The lowest BCUT2D eigenvalue weighted by Gasteiger charge is -2.15. The average molecular weight is 481 g/mol. The molecule has 0 radical (unpaired) electrons. The molecule has 3 N–H and O–H groups in total. The van der Waals surface area contributed by atoms with Crippen molar-refractivity contribution in [3.63, 3.8) is 0 Å². The van der Waals surface area contributed by atoms with E-state index < -0.39 is 16.9 Å². The number of fused-ring (bicyclic) bond motifs is 1. The highest BCUT2D eigenvalue weighted by atomic mass is 35.5. The van der Waals surface area contributed by atoms with Crippen LogP contribution in [0.15, 0.2) is 60.8 Å². The van der Waals surface area contributed by atoms with Crippen molar-refractivity contribution in [1.82, 2.24) is 15.0 Å². The van der Waals surface area contributed by atoms with E-state index in [4.69, 9.17) is 26.8 Å². The van der Waals surface area contributed by atoms with Crippen molar-refractivity contribution in [2.24, 2.45) is 0 Å². The molecule has 0 bridgehead atoms. The zero-order valence-corrected chi connectivity index (χ0v) is 18.4. The molecular weight excluding hydrogens is 464 g/mol. The number of amides is 1. The molecule has 11 nitrogen and oxygen atoms in total. The Morgan fingerprint density at radius 1 is 1.09 bits per heavy atom. The number of aromatic nitrogens is 3. The SMILES string of the molecule is CC(Oc1ccc(Oc2cnc3cc(Cl)ccc3n2)cc1)C(=O)Nc1ccc([N+](=O)[O-])c(N)n1. The Bertz CT molecular complexity index is 1380. The van der Waals surface area contributed by atoms with E-state index in [0.29, 0.717) is 33.4 Å². The van der Waals surface area contributed by atoms with Crippen LogP contribution in [0.3, 0.4) is 0 Å². The Labute approximate surface area is 197 Å². The molecule has 0 saturated carbocycles. The summed E-state index contributed by atoms with van der Waals surface area (Å²) in [7, 11) is 0. The number of hydrogen-bond donors (Lipinski definition) is 2. The van der Waals surface area contributed by atoms with Crippen molar-refractivity contribution in [3.05, 3.63) is 75.9 Å². The van der Waals surface area contributed by atoms with Crippen LogP contribution in [0, 0.1) is 10.1 Å². The number of rotatable bonds is 7. The molecule has 0 saturated heterocycles. The molecule has 4 rings (SSSR count). The van der Waals surface area contributed by atoms with Gasteiger partial charge in [-0.25, -0.2) is 15.0 Å². The largest absolute Gasteiger partial charge is 0.481 e. The Hall–Kier alpha value is -4.51. The Morgan fingerprint density at radius 3 is 2.53 bits per heavy atom. The summed E-state index contributed by atoms with van der Waals surface area (Å²) in [5.74, 6) is 0.500. The lowest BCUT2D eigenvalue weighted by atomic mass is 10.3. The fraction of sp³-hybridized carbons (Fsp3) is 0.0909. The van der Waals surface area contributed by atoms with Crippen LogP contribution >= 0.6 is 11.6 Å². The minimum atomic E-state index is -0.886. The van der Waals surface area contributed by atoms with Crippen LogP contribution in [0.25, 0.3) is 11.0 Å². The van der Waals surface area contributed by atoms with Crippen LogP contribution in [-0.4, -0.2) is 31.9 Å². The molecule has 0 fully saturated rings. The number of carbonyl (C=O) groups excluding carboxylic acids is 1. The molecule has 1 atom stereocenters. The number of nitro groups is 1. The van der Waals surface area contributed by atoms with Gasteiger partial charge in [-0.3, -0.25) is 14.9 Å². The number of nitrogens with zero attached hydrogens (tertiary/aromatic N) is 4. The fourth-order valence-corrected chi connectivity index (χ4v) is 3.07. The van der Waals surface area contributed by atoms with Crippen molar-refractivity contribution in [1.29, 1.82) is 0 Å². The monoisotopic (exact) mass is 480 g/mol. The van der Waals surface area contributed by atoms with Crippen molar-refractivity contribution in [2.45, 2.75) is 13.0 Å². The Kier molecular flexibility index (Phi) is 6.37. The zero-order valence-electron chi connectivity index (χ0n) is 17.6. The highest BCUT2D eigenvalue weighted by Gasteiger charge is 2.18. The zero-order chi connectivity index (χ0) is 24.2. The van der Waals surface area contributed by atoms with Crippen molar-refractivity contribution in [3.8, 4) is 17.4 Å². The first-order valence-electron chi connectivity index (χ1n) is 9.87. The first-order chi connectivity index (χ1) is 16.3. The third kappa shape index (κ3) is 5.27. The van der Waals surface area contributed by atoms with Gasteiger partial charge in [-0.2, -0.15) is 0 Å². The van der Waals surface area contributed by atoms with Crippen LogP contribution < -0.4 is 20.5 Å². The Morgan fingerprint density at radius 2 is 1.82 bits per heavy atom. The predicted octanol–water partition coefficient (Wildman–Crippen LogP) is 4.37. The normalized spacial score (nSPS) is 11.6.